The van der Waals surface area contributed by atoms with Crippen molar-refractivity contribution in [3.8, 4) is 56.2 Å². The van der Waals surface area contributed by atoms with Gasteiger partial charge in [-0.3, -0.25) is 0 Å². The summed E-state index contributed by atoms with van der Waals surface area (Å²) in [4.78, 5) is 10.6. The Balaban J connectivity index is 1.12. The van der Waals surface area contributed by atoms with Crippen LogP contribution in [0, 0.1) is 0 Å². The van der Waals surface area contributed by atoms with Crippen molar-refractivity contribution in [2.45, 2.75) is 57.8 Å². The molecule has 2 heterocycles. The highest BCUT2D eigenvalue weighted by atomic mass is 16.3. The van der Waals surface area contributed by atoms with E-state index in [1.54, 1.807) is 0 Å². The van der Waals surface area contributed by atoms with Gasteiger partial charge in [0, 0.05) is 27.5 Å². The van der Waals surface area contributed by atoms with Crippen LogP contribution in [0.3, 0.4) is 0 Å². The van der Waals surface area contributed by atoms with Gasteiger partial charge in [0.1, 0.15) is 11.2 Å². The van der Waals surface area contributed by atoms with E-state index < -0.39 is 5.41 Å². The Kier molecular flexibility index (Phi) is 9.18. The molecule has 0 saturated heterocycles. The van der Waals surface area contributed by atoms with Crippen molar-refractivity contribution in [1.29, 1.82) is 0 Å². The number of hydrogen-bond acceptors (Lipinski definition) is 3. The summed E-state index contributed by atoms with van der Waals surface area (Å²) in [6.07, 6.45) is 0. The maximum atomic E-state index is 6.22. The van der Waals surface area contributed by atoms with Gasteiger partial charge >= 0.3 is 0 Å². The number of rotatable bonds is 6. The Labute approximate surface area is 376 Å². The lowest BCUT2D eigenvalue weighted by Gasteiger charge is -2.35. The van der Waals surface area contributed by atoms with Gasteiger partial charge in [-0.05, 0) is 103 Å². The molecule has 11 rings (SSSR count). The van der Waals surface area contributed by atoms with Gasteiger partial charge < -0.3 is 4.42 Å². The highest BCUT2D eigenvalue weighted by molar-refractivity contribution is 6.06. The van der Waals surface area contributed by atoms with Gasteiger partial charge in [0.15, 0.2) is 5.82 Å². The standard InChI is InChI=1S/C61H50N2O/c1-59(2,3)42-26-30-44(31-27-42)61(45-32-28-43(29-33-45)60(4,5)6)52-22-14-12-19-47(52)48-34-24-40(37-53(48)61)46-18-10-11-20-49(46)55-38-54(62-58(63-55)39-16-8-7-9-17-39)41-25-35-57-51(36-41)50-21-13-15-23-56(50)64-57/h7-38H,1-6H3. The third-order valence-corrected chi connectivity index (χ3v) is 13.4. The largest absolute Gasteiger partial charge is 0.456 e. The Morgan fingerprint density at radius 1 is 0.375 bits per heavy atom. The normalized spacial score (nSPS) is 13.3. The summed E-state index contributed by atoms with van der Waals surface area (Å²) in [5.41, 5.74) is 18.5. The van der Waals surface area contributed by atoms with Crippen LogP contribution in [0.1, 0.15) is 74.9 Å². The van der Waals surface area contributed by atoms with E-state index in [0.717, 1.165) is 61.1 Å². The lowest BCUT2D eigenvalue weighted by molar-refractivity contribution is 0.588. The molecule has 0 amide bonds. The van der Waals surface area contributed by atoms with Crippen molar-refractivity contribution in [2.24, 2.45) is 0 Å². The van der Waals surface area contributed by atoms with Gasteiger partial charge in [-0.15, -0.1) is 0 Å². The zero-order valence-corrected chi connectivity index (χ0v) is 37.3. The van der Waals surface area contributed by atoms with E-state index >= 15 is 0 Å². The first kappa shape index (κ1) is 39.5. The number of hydrogen-bond donors (Lipinski definition) is 0. The van der Waals surface area contributed by atoms with Crippen molar-refractivity contribution in [3.63, 3.8) is 0 Å². The van der Waals surface area contributed by atoms with Crippen molar-refractivity contribution >= 4 is 21.9 Å². The maximum Gasteiger partial charge on any atom is 0.160 e. The number of furan rings is 1. The highest BCUT2D eigenvalue weighted by Gasteiger charge is 2.46. The summed E-state index contributed by atoms with van der Waals surface area (Å²) in [6.45, 7) is 13.7. The summed E-state index contributed by atoms with van der Waals surface area (Å²) in [5.74, 6) is 0.681. The van der Waals surface area contributed by atoms with Crippen LogP contribution in [0.5, 0.6) is 0 Å². The smallest absolute Gasteiger partial charge is 0.160 e. The molecule has 0 unspecified atom stereocenters. The topological polar surface area (TPSA) is 38.9 Å². The number of benzene rings is 8. The second-order valence-electron chi connectivity index (χ2n) is 19.4. The quantitative estimate of drug-likeness (QED) is 0.168. The molecule has 8 aromatic carbocycles. The first-order valence-corrected chi connectivity index (χ1v) is 22.4. The summed E-state index contributed by atoms with van der Waals surface area (Å²) >= 11 is 0. The fourth-order valence-electron chi connectivity index (χ4n) is 9.97. The van der Waals surface area contributed by atoms with Crippen LogP contribution in [0.15, 0.2) is 199 Å². The predicted molar refractivity (Wildman–Crippen MR) is 266 cm³/mol. The SMILES string of the molecule is CC(C)(C)c1ccc(C2(c3ccc(C(C)(C)C)cc3)c3ccccc3-c3ccc(-c4ccccc4-c4cc(-c5ccc6oc7ccccc7c6c5)nc(-c5ccccc5)n4)cc32)cc1. The van der Waals surface area contributed by atoms with E-state index in [9.17, 15) is 0 Å². The van der Waals surface area contributed by atoms with Crippen LogP contribution in [-0.2, 0) is 16.2 Å². The molecule has 0 bridgehead atoms. The molecule has 64 heavy (non-hydrogen) atoms. The van der Waals surface area contributed by atoms with Crippen LogP contribution in [0.25, 0.3) is 78.1 Å². The molecule has 0 fully saturated rings. The minimum absolute atomic E-state index is 0.0318. The zero-order chi connectivity index (χ0) is 43.8. The van der Waals surface area contributed by atoms with Gasteiger partial charge in [0.25, 0.3) is 0 Å². The van der Waals surface area contributed by atoms with Crippen LogP contribution in [0.2, 0.25) is 0 Å². The zero-order valence-electron chi connectivity index (χ0n) is 37.3. The molecule has 10 aromatic rings. The Bertz CT molecular complexity index is 3320. The molecule has 310 valence electrons. The van der Waals surface area contributed by atoms with E-state index in [0.29, 0.717) is 5.82 Å². The van der Waals surface area contributed by atoms with Crippen molar-refractivity contribution < 1.29 is 4.42 Å². The molecule has 3 heteroatoms. The Hall–Kier alpha value is -7.36. The van der Waals surface area contributed by atoms with Gasteiger partial charge in [-0.2, -0.15) is 0 Å². The third kappa shape index (κ3) is 6.49. The monoisotopic (exact) mass is 826 g/mol. The van der Waals surface area contributed by atoms with Crippen LogP contribution in [0.4, 0.5) is 0 Å². The van der Waals surface area contributed by atoms with Gasteiger partial charge in [-0.1, -0.05) is 199 Å². The lowest BCUT2D eigenvalue weighted by Crippen LogP contribution is -2.29. The number of fused-ring (bicyclic) bond motifs is 6. The van der Waals surface area contributed by atoms with E-state index in [4.69, 9.17) is 14.4 Å². The van der Waals surface area contributed by atoms with E-state index in [-0.39, 0.29) is 10.8 Å². The van der Waals surface area contributed by atoms with Crippen molar-refractivity contribution in [2.75, 3.05) is 0 Å². The summed E-state index contributed by atoms with van der Waals surface area (Å²) < 4.78 is 6.22. The van der Waals surface area contributed by atoms with Gasteiger partial charge in [0.2, 0.25) is 0 Å². The molecule has 0 N–H and O–H groups in total. The summed E-state index contributed by atoms with van der Waals surface area (Å²) in [7, 11) is 0. The van der Waals surface area contributed by atoms with Gasteiger partial charge in [-0.25, -0.2) is 9.97 Å². The fourth-order valence-corrected chi connectivity index (χ4v) is 9.97. The molecule has 1 aliphatic rings. The number of para-hydroxylation sites is 1. The third-order valence-electron chi connectivity index (χ3n) is 13.4. The molecule has 0 spiro atoms. The van der Waals surface area contributed by atoms with E-state index in [1.165, 1.54) is 44.5 Å². The highest BCUT2D eigenvalue weighted by Crippen LogP contribution is 2.57. The molecule has 2 aromatic heterocycles. The molecule has 0 atom stereocenters. The molecular formula is C61H50N2O. The first-order chi connectivity index (χ1) is 31.0. The van der Waals surface area contributed by atoms with Gasteiger partial charge in [0.05, 0.1) is 16.8 Å². The summed E-state index contributed by atoms with van der Waals surface area (Å²) in [5, 5.41) is 2.16. The van der Waals surface area contributed by atoms with Crippen LogP contribution in [-0.4, -0.2) is 9.97 Å². The first-order valence-electron chi connectivity index (χ1n) is 22.4. The van der Waals surface area contributed by atoms with Crippen molar-refractivity contribution in [1.82, 2.24) is 9.97 Å². The molecule has 3 nitrogen and oxygen atoms in total. The number of nitrogens with zero attached hydrogens (tertiary/aromatic N) is 2. The van der Waals surface area contributed by atoms with Crippen LogP contribution >= 0.6 is 0 Å². The molecule has 0 radical (unpaired) electrons. The van der Waals surface area contributed by atoms with Crippen molar-refractivity contribution in [3.05, 3.63) is 228 Å². The summed E-state index contributed by atoms with van der Waals surface area (Å²) in [6, 6.07) is 70.7. The Morgan fingerprint density at radius 3 is 1.61 bits per heavy atom. The second kappa shape index (κ2) is 14.9. The Morgan fingerprint density at radius 2 is 0.922 bits per heavy atom. The molecule has 1 aliphatic carbocycles. The molecule has 0 saturated carbocycles. The minimum Gasteiger partial charge on any atom is -0.456 e. The predicted octanol–water partition coefficient (Wildman–Crippen LogP) is 16.0. The fraction of sp³-hybridized carbons (Fsp3) is 0.148. The molecule has 0 aliphatic heterocycles. The maximum absolute atomic E-state index is 6.22. The minimum atomic E-state index is -0.553. The van der Waals surface area contributed by atoms with Crippen LogP contribution < -0.4 is 0 Å². The number of aromatic nitrogens is 2. The average molecular weight is 827 g/mol. The second-order valence-corrected chi connectivity index (χ2v) is 19.4. The molecular weight excluding hydrogens is 777 g/mol. The lowest BCUT2D eigenvalue weighted by atomic mass is 9.66. The van der Waals surface area contributed by atoms with E-state index in [2.05, 4.69) is 205 Å². The average Bonchev–Trinajstić information content (AvgIpc) is 3.84. The van der Waals surface area contributed by atoms with E-state index in [1.807, 2.05) is 30.3 Å².